The Balaban J connectivity index is 1.89. The lowest BCUT2D eigenvalue weighted by Gasteiger charge is -2.19. The van der Waals surface area contributed by atoms with E-state index in [0.717, 1.165) is 11.5 Å². The van der Waals surface area contributed by atoms with Crippen molar-refractivity contribution in [1.82, 2.24) is 10.1 Å². The molecule has 1 heterocycles. The van der Waals surface area contributed by atoms with E-state index in [0.29, 0.717) is 18.7 Å². The molecule has 0 saturated heterocycles. The molecule has 2 rings (SSSR count). The minimum Gasteiger partial charge on any atom is -0.435 e. The highest BCUT2D eigenvalue weighted by Crippen LogP contribution is 2.20. The molecule has 22 heavy (non-hydrogen) atoms. The van der Waals surface area contributed by atoms with Crippen molar-refractivity contribution in [3.8, 4) is 5.75 Å². The average Bonchev–Trinajstić information content (AvgIpc) is 2.83. The van der Waals surface area contributed by atoms with Gasteiger partial charge in [0.05, 0.1) is 11.8 Å². The Hall–Kier alpha value is -1.99. The molecule has 0 amide bonds. The van der Waals surface area contributed by atoms with Crippen molar-refractivity contribution in [2.24, 2.45) is 0 Å². The molecule has 120 valence electrons. The Morgan fingerprint density at radius 2 is 2.00 bits per heavy atom. The number of hydrogen-bond donors (Lipinski definition) is 1. The minimum atomic E-state index is -2.85. The number of aliphatic hydroxyl groups excluding tert-OH is 1. The lowest BCUT2D eigenvalue weighted by Crippen LogP contribution is -2.24. The lowest BCUT2D eigenvalue weighted by molar-refractivity contribution is -0.0498. The van der Waals surface area contributed by atoms with Crippen molar-refractivity contribution in [2.75, 3.05) is 13.6 Å². The maximum absolute atomic E-state index is 12.1. The fourth-order valence-corrected chi connectivity index (χ4v) is 2.11. The van der Waals surface area contributed by atoms with E-state index in [-0.39, 0.29) is 5.75 Å². The third kappa shape index (κ3) is 4.78. The van der Waals surface area contributed by atoms with Crippen molar-refractivity contribution in [3.05, 3.63) is 47.3 Å². The van der Waals surface area contributed by atoms with Crippen LogP contribution in [0, 0.1) is 6.92 Å². The smallest absolute Gasteiger partial charge is 0.387 e. The van der Waals surface area contributed by atoms with Crippen LogP contribution in [0.25, 0.3) is 0 Å². The summed E-state index contributed by atoms with van der Waals surface area (Å²) in [5.41, 5.74) is 1.41. The number of hydrogen-bond acceptors (Lipinski definition) is 5. The van der Waals surface area contributed by atoms with Crippen LogP contribution in [0.1, 0.15) is 23.1 Å². The van der Waals surface area contributed by atoms with E-state index in [4.69, 9.17) is 4.52 Å². The first-order valence-corrected chi connectivity index (χ1v) is 6.77. The summed E-state index contributed by atoms with van der Waals surface area (Å²) < 4.78 is 33.4. The lowest BCUT2D eigenvalue weighted by atomic mass is 10.1. The number of likely N-dealkylation sites (N-methyl/N-ethyl adjacent to an activating group) is 1. The second-order valence-corrected chi connectivity index (χ2v) is 5.09. The summed E-state index contributed by atoms with van der Waals surface area (Å²) in [7, 11) is 1.85. The van der Waals surface area contributed by atoms with Gasteiger partial charge in [-0.05, 0) is 31.7 Å². The molecule has 1 aromatic carbocycles. The zero-order valence-corrected chi connectivity index (χ0v) is 12.4. The van der Waals surface area contributed by atoms with Crippen molar-refractivity contribution in [1.29, 1.82) is 0 Å². The summed E-state index contributed by atoms with van der Waals surface area (Å²) >= 11 is 0. The number of rotatable bonds is 7. The highest BCUT2D eigenvalue weighted by molar-refractivity contribution is 5.28. The fraction of sp³-hybridized carbons (Fsp3) is 0.400. The van der Waals surface area contributed by atoms with Crippen LogP contribution in [0.2, 0.25) is 0 Å². The molecule has 0 aliphatic rings. The molecule has 2 aromatic rings. The van der Waals surface area contributed by atoms with E-state index in [1.165, 1.54) is 12.1 Å². The van der Waals surface area contributed by atoms with Crippen LogP contribution in [-0.2, 0) is 6.54 Å². The number of halogens is 2. The minimum absolute atomic E-state index is 0.0670. The number of benzene rings is 1. The number of alkyl halides is 2. The van der Waals surface area contributed by atoms with Gasteiger partial charge in [0.1, 0.15) is 11.5 Å². The van der Waals surface area contributed by atoms with E-state index in [1.54, 1.807) is 12.1 Å². The predicted molar refractivity (Wildman–Crippen MR) is 75.6 cm³/mol. The average molecular weight is 312 g/mol. The summed E-state index contributed by atoms with van der Waals surface area (Å²) in [5.74, 6) is 0.802. The first-order chi connectivity index (χ1) is 10.4. The highest BCUT2D eigenvalue weighted by Gasteiger charge is 2.13. The standard InChI is InChI=1S/C15H18F2N2O3/c1-10-7-12(18-22-10)8-19(2)9-14(20)11-3-5-13(6-4-11)21-15(16)17/h3-7,14-15,20H,8-9H2,1-2H3. The van der Waals surface area contributed by atoms with Gasteiger partial charge in [-0.3, -0.25) is 4.90 Å². The van der Waals surface area contributed by atoms with Crippen molar-refractivity contribution < 1.29 is 23.1 Å². The first kappa shape index (κ1) is 16.4. The molecule has 0 radical (unpaired) electrons. The third-order valence-electron chi connectivity index (χ3n) is 3.08. The van der Waals surface area contributed by atoms with Crippen LogP contribution in [0.15, 0.2) is 34.9 Å². The van der Waals surface area contributed by atoms with Crippen molar-refractivity contribution >= 4 is 0 Å². The van der Waals surface area contributed by atoms with Gasteiger partial charge in [-0.25, -0.2) is 0 Å². The molecular weight excluding hydrogens is 294 g/mol. The molecular formula is C15H18F2N2O3. The van der Waals surface area contributed by atoms with E-state index >= 15 is 0 Å². The summed E-state index contributed by atoms with van der Waals surface area (Å²) in [6, 6.07) is 7.78. The van der Waals surface area contributed by atoms with Crippen LogP contribution in [0.4, 0.5) is 8.78 Å². The van der Waals surface area contributed by atoms with E-state index < -0.39 is 12.7 Å². The van der Waals surface area contributed by atoms with Gasteiger partial charge in [0.25, 0.3) is 0 Å². The summed E-state index contributed by atoms with van der Waals surface area (Å²) in [6.07, 6.45) is -0.737. The normalized spacial score (nSPS) is 12.9. The second kappa shape index (κ2) is 7.33. The Kier molecular flexibility index (Phi) is 5.46. The van der Waals surface area contributed by atoms with Gasteiger partial charge in [-0.2, -0.15) is 8.78 Å². The molecule has 0 bridgehead atoms. The van der Waals surface area contributed by atoms with Gasteiger partial charge in [0.2, 0.25) is 0 Å². The SMILES string of the molecule is Cc1cc(CN(C)CC(O)c2ccc(OC(F)F)cc2)no1. The van der Waals surface area contributed by atoms with Gasteiger partial charge in [0.15, 0.2) is 0 Å². The maximum atomic E-state index is 12.1. The summed E-state index contributed by atoms with van der Waals surface area (Å²) in [5, 5.41) is 14.1. The summed E-state index contributed by atoms with van der Waals surface area (Å²) in [6.45, 7) is -0.121. The number of aliphatic hydroxyl groups is 1. The zero-order valence-electron chi connectivity index (χ0n) is 12.4. The zero-order chi connectivity index (χ0) is 16.1. The molecule has 0 aliphatic carbocycles. The molecule has 0 spiro atoms. The van der Waals surface area contributed by atoms with Crippen LogP contribution in [0.3, 0.4) is 0 Å². The Morgan fingerprint density at radius 1 is 1.32 bits per heavy atom. The topological polar surface area (TPSA) is 58.7 Å². The maximum Gasteiger partial charge on any atom is 0.387 e. The number of aryl methyl sites for hydroxylation is 1. The Bertz CT molecular complexity index is 587. The molecule has 0 aliphatic heterocycles. The molecule has 1 unspecified atom stereocenters. The van der Waals surface area contributed by atoms with Crippen LogP contribution in [-0.4, -0.2) is 35.4 Å². The largest absolute Gasteiger partial charge is 0.435 e. The molecule has 5 nitrogen and oxygen atoms in total. The fourth-order valence-electron chi connectivity index (χ4n) is 2.11. The van der Waals surface area contributed by atoms with E-state index in [2.05, 4.69) is 9.89 Å². The van der Waals surface area contributed by atoms with Crippen LogP contribution in [0.5, 0.6) is 5.75 Å². The van der Waals surface area contributed by atoms with E-state index in [1.807, 2.05) is 24.9 Å². The molecule has 7 heteroatoms. The Labute approximate surface area is 127 Å². The monoisotopic (exact) mass is 312 g/mol. The number of aromatic nitrogens is 1. The molecule has 0 fully saturated rings. The van der Waals surface area contributed by atoms with Gasteiger partial charge in [-0.1, -0.05) is 17.3 Å². The van der Waals surface area contributed by atoms with Gasteiger partial charge < -0.3 is 14.4 Å². The molecule has 0 saturated carbocycles. The number of nitrogens with zero attached hydrogens (tertiary/aromatic N) is 2. The highest BCUT2D eigenvalue weighted by atomic mass is 19.3. The van der Waals surface area contributed by atoms with Gasteiger partial charge in [0, 0.05) is 19.2 Å². The number of ether oxygens (including phenoxy) is 1. The third-order valence-corrected chi connectivity index (χ3v) is 3.08. The van der Waals surface area contributed by atoms with E-state index in [9.17, 15) is 13.9 Å². The molecule has 1 atom stereocenters. The van der Waals surface area contributed by atoms with Crippen LogP contribution < -0.4 is 4.74 Å². The Morgan fingerprint density at radius 3 is 2.55 bits per heavy atom. The van der Waals surface area contributed by atoms with Gasteiger partial charge in [-0.15, -0.1) is 0 Å². The van der Waals surface area contributed by atoms with Gasteiger partial charge >= 0.3 is 6.61 Å². The quantitative estimate of drug-likeness (QED) is 0.852. The first-order valence-electron chi connectivity index (χ1n) is 6.77. The molecule has 1 N–H and O–H groups in total. The van der Waals surface area contributed by atoms with Crippen molar-refractivity contribution in [3.63, 3.8) is 0 Å². The predicted octanol–water partition coefficient (Wildman–Crippen LogP) is 2.75. The molecule has 1 aromatic heterocycles. The van der Waals surface area contributed by atoms with Crippen molar-refractivity contribution in [2.45, 2.75) is 26.2 Å². The summed E-state index contributed by atoms with van der Waals surface area (Å²) in [4.78, 5) is 1.89. The second-order valence-electron chi connectivity index (χ2n) is 5.09. The van der Waals surface area contributed by atoms with Crippen LogP contribution >= 0.6 is 0 Å².